The zero-order valence-corrected chi connectivity index (χ0v) is 12.4. The number of benzene rings is 1. The zero-order chi connectivity index (χ0) is 14.7. The Bertz CT molecular complexity index is 605. The Morgan fingerprint density at radius 2 is 2.05 bits per heavy atom. The third-order valence-corrected chi connectivity index (χ3v) is 3.53. The summed E-state index contributed by atoms with van der Waals surface area (Å²) < 4.78 is 6.92. The molecule has 0 fully saturated rings. The summed E-state index contributed by atoms with van der Waals surface area (Å²) in [6.07, 6.45) is 0. The molecule has 1 aromatic heterocycles. The number of ether oxygens (including phenoxy) is 1. The minimum Gasteiger partial charge on any atom is -0.504 e. The van der Waals surface area contributed by atoms with Gasteiger partial charge >= 0.3 is 0 Å². The summed E-state index contributed by atoms with van der Waals surface area (Å²) >= 11 is 0. The molecule has 0 bridgehead atoms. The van der Waals surface area contributed by atoms with Crippen LogP contribution in [0.25, 0.3) is 0 Å². The number of rotatable bonds is 5. The van der Waals surface area contributed by atoms with Crippen LogP contribution in [-0.4, -0.2) is 22.0 Å². The van der Waals surface area contributed by atoms with E-state index in [0.717, 1.165) is 17.8 Å². The molecule has 5 nitrogen and oxygen atoms in total. The van der Waals surface area contributed by atoms with E-state index >= 15 is 0 Å². The van der Waals surface area contributed by atoms with Crippen molar-refractivity contribution in [2.24, 2.45) is 7.05 Å². The molecular weight excluding hydrogens is 254 g/mol. The number of phenolic OH excluding ortho intramolecular Hbond substituents is 1. The fraction of sp³-hybridized carbons (Fsp3) is 0.400. The molecule has 0 aliphatic heterocycles. The summed E-state index contributed by atoms with van der Waals surface area (Å²) in [5.41, 5.74) is 4.47. The van der Waals surface area contributed by atoms with Gasteiger partial charge in [-0.2, -0.15) is 5.10 Å². The molecule has 2 aromatic rings. The van der Waals surface area contributed by atoms with Crippen molar-refractivity contribution in [3.63, 3.8) is 0 Å². The molecule has 0 unspecified atom stereocenters. The second kappa shape index (κ2) is 5.96. The number of aromatic nitrogens is 2. The highest BCUT2D eigenvalue weighted by Gasteiger charge is 2.08. The summed E-state index contributed by atoms with van der Waals surface area (Å²) in [4.78, 5) is 0. The highest BCUT2D eigenvalue weighted by Crippen LogP contribution is 2.26. The molecule has 0 radical (unpaired) electrons. The van der Waals surface area contributed by atoms with E-state index in [2.05, 4.69) is 17.3 Å². The van der Waals surface area contributed by atoms with Gasteiger partial charge in [-0.05, 0) is 31.5 Å². The van der Waals surface area contributed by atoms with Crippen molar-refractivity contribution in [1.82, 2.24) is 15.1 Å². The smallest absolute Gasteiger partial charge is 0.160 e. The van der Waals surface area contributed by atoms with Crippen LogP contribution < -0.4 is 10.1 Å². The van der Waals surface area contributed by atoms with E-state index in [1.807, 2.05) is 24.7 Å². The number of phenols is 1. The average Bonchev–Trinajstić information content (AvgIpc) is 2.65. The first-order chi connectivity index (χ1) is 9.52. The fourth-order valence-corrected chi connectivity index (χ4v) is 2.25. The predicted molar refractivity (Wildman–Crippen MR) is 77.9 cm³/mol. The van der Waals surface area contributed by atoms with Gasteiger partial charge in [-0.3, -0.25) is 4.68 Å². The Morgan fingerprint density at radius 3 is 2.60 bits per heavy atom. The molecular formula is C15H21N3O2. The van der Waals surface area contributed by atoms with E-state index < -0.39 is 0 Å². The molecule has 0 saturated carbocycles. The van der Waals surface area contributed by atoms with Crippen LogP contribution >= 0.6 is 0 Å². The van der Waals surface area contributed by atoms with Gasteiger partial charge in [-0.15, -0.1) is 0 Å². The minimum absolute atomic E-state index is 0.167. The van der Waals surface area contributed by atoms with Gasteiger partial charge in [0.25, 0.3) is 0 Å². The maximum absolute atomic E-state index is 9.73. The van der Waals surface area contributed by atoms with E-state index in [1.54, 1.807) is 19.2 Å². The first-order valence-corrected chi connectivity index (χ1v) is 6.58. The molecule has 108 valence electrons. The van der Waals surface area contributed by atoms with Crippen LogP contribution in [0.1, 0.15) is 22.5 Å². The highest BCUT2D eigenvalue weighted by molar-refractivity contribution is 5.41. The molecule has 5 heteroatoms. The molecule has 0 saturated heterocycles. The Balaban J connectivity index is 1.97. The molecule has 0 aliphatic carbocycles. The Morgan fingerprint density at radius 1 is 1.30 bits per heavy atom. The minimum atomic E-state index is 0.167. The number of methoxy groups -OCH3 is 1. The van der Waals surface area contributed by atoms with Crippen LogP contribution in [0.3, 0.4) is 0 Å². The van der Waals surface area contributed by atoms with Crippen LogP contribution in [0, 0.1) is 13.8 Å². The third kappa shape index (κ3) is 2.93. The van der Waals surface area contributed by atoms with Gasteiger partial charge in [0.1, 0.15) is 0 Å². The Kier molecular flexibility index (Phi) is 4.29. The quantitative estimate of drug-likeness (QED) is 0.876. The van der Waals surface area contributed by atoms with Crippen molar-refractivity contribution in [3.05, 3.63) is 40.7 Å². The SMILES string of the molecule is COc1ccc(CNCc2c(C)nn(C)c2C)cc1O. The van der Waals surface area contributed by atoms with E-state index in [-0.39, 0.29) is 5.75 Å². The number of hydrogen-bond donors (Lipinski definition) is 2. The monoisotopic (exact) mass is 275 g/mol. The normalized spacial score (nSPS) is 10.8. The fourth-order valence-electron chi connectivity index (χ4n) is 2.25. The standard InChI is InChI=1S/C15H21N3O2/c1-10-13(11(2)18(3)17-10)9-16-8-12-5-6-15(20-4)14(19)7-12/h5-7,16,19H,8-9H2,1-4H3. The van der Waals surface area contributed by atoms with Gasteiger partial charge in [0.2, 0.25) is 0 Å². The predicted octanol–water partition coefficient (Wildman–Crippen LogP) is 2.04. The van der Waals surface area contributed by atoms with Crippen LogP contribution in [0.2, 0.25) is 0 Å². The van der Waals surface area contributed by atoms with Gasteiger partial charge in [-0.1, -0.05) is 6.07 Å². The maximum atomic E-state index is 9.73. The van der Waals surface area contributed by atoms with Crippen molar-refractivity contribution >= 4 is 0 Å². The highest BCUT2D eigenvalue weighted by atomic mass is 16.5. The largest absolute Gasteiger partial charge is 0.504 e. The van der Waals surface area contributed by atoms with Gasteiger partial charge in [0.15, 0.2) is 11.5 Å². The Labute approximate surface area is 119 Å². The second-order valence-electron chi connectivity index (χ2n) is 4.88. The summed E-state index contributed by atoms with van der Waals surface area (Å²) in [5, 5.41) is 17.5. The van der Waals surface area contributed by atoms with Crippen LogP contribution in [-0.2, 0) is 20.1 Å². The molecule has 0 atom stereocenters. The lowest BCUT2D eigenvalue weighted by Gasteiger charge is -2.08. The number of nitrogens with zero attached hydrogens (tertiary/aromatic N) is 2. The lowest BCUT2D eigenvalue weighted by Crippen LogP contribution is -2.13. The van der Waals surface area contributed by atoms with E-state index in [0.29, 0.717) is 12.3 Å². The van der Waals surface area contributed by atoms with E-state index in [1.165, 1.54) is 11.3 Å². The lowest BCUT2D eigenvalue weighted by molar-refractivity contribution is 0.373. The topological polar surface area (TPSA) is 59.3 Å². The van der Waals surface area contributed by atoms with Gasteiger partial charge in [-0.25, -0.2) is 0 Å². The van der Waals surface area contributed by atoms with Crippen molar-refractivity contribution in [1.29, 1.82) is 0 Å². The summed E-state index contributed by atoms with van der Waals surface area (Å²) in [6, 6.07) is 5.43. The van der Waals surface area contributed by atoms with Gasteiger partial charge < -0.3 is 15.2 Å². The van der Waals surface area contributed by atoms with Crippen LogP contribution in [0.5, 0.6) is 11.5 Å². The number of aryl methyl sites for hydroxylation is 2. The lowest BCUT2D eigenvalue weighted by atomic mass is 10.1. The van der Waals surface area contributed by atoms with E-state index in [4.69, 9.17) is 4.74 Å². The van der Waals surface area contributed by atoms with Crippen molar-refractivity contribution in [2.75, 3.05) is 7.11 Å². The van der Waals surface area contributed by atoms with Crippen molar-refractivity contribution in [2.45, 2.75) is 26.9 Å². The summed E-state index contributed by atoms with van der Waals surface area (Å²) in [5.74, 6) is 0.660. The molecule has 0 aliphatic rings. The Hall–Kier alpha value is -2.01. The van der Waals surface area contributed by atoms with Gasteiger partial charge in [0, 0.05) is 31.4 Å². The van der Waals surface area contributed by atoms with Crippen molar-refractivity contribution in [3.8, 4) is 11.5 Å². The molecule has 1 aromatic carbocycles. The third-order valence-electron chi connectivity index (χ3n) is 3.53. The van der Waals surface area contributed by atoms with Gasteiger partial charge in [0.05, 0.1) is 12.8 Å². The first kappa shape index (κ1) is 14.4. The molecule has 2 rings (SSSR count). The number of aromatic hydroxyl groups is 1. The number of hydrogen-bond acceptors (Lipinski definition) is 4. The zero-order valence-electron chi connectivity index (χ0n) is 12.4. The summed E-state index contributed by atoms with van der Waals surface area (Å²) in [7, 11) is 3.49. The molecule has 1 heterocycles. The summed E-state index contributed by atoms with van der Waals surface area (Å²) in [6.45, 7) is 5.53. The molecule has 0 spiro atoms. The van der Waals surface area contributed by atoms with E-state index in [9.17, 15) is 5.11 Å². The van der Waals surface area contributed by atoms with Crippen LogP contribution in [0.15, 0.2) is 18.2 Å². The second-order valence-corrected chi connectivity index (χ2v) is 4.88. The first-order valence-electron chi connectivity index (χ1n) is 6.58. The van der Waals surface area contributed by atoms with Crippen LogP contribution in [0.4, 0.5) is 0 Å². The maximum Gasteiger partial charge on any atom is 0.160 e. The van der Waals surface area contributed by atoms with Crippen molar-refractivity contribution < 1.29 is 9.84 Å². The molecule has 2 N–H and O–H groups in total. The molecule has 20 heavy (non-hydrogen) atoms. The number of nitrogens with one attached hydrogen (secondary N) is 1. The average molecular weight is 275 g/mol. The molecule has 0 amide bonds.